The number of hydrogen-bond acceptors (Lipinski definition) is 8. The number of aromatic nitrogens is 5. The molecule has 1 aliphatic rings. The molecule has 0 radical (unpaired) electrons. The molecule has 1 fully saturated rings. The molecular formula is C21H23N7OS. The number of rotatable bonds is 5. The van der Waals surface area contributed by atoms with Crippen molar-refractivity contribution in [3.63, 3.8) is 0 Å². The molecule has 0 aromatic carbocycles. The summed E-state index contributed by atoms with van der Waals surface area (Å²) in [5.41, 5.74) is 1.64. The van der Waals surface area contributed by atoms with E-state index in [2.05, 4.69) is 30.2 Å². The highest BCUT2D eigenvalue weighted by Crippen LogP contribution is 2.31. The number of amides is 1. The first-order valence-electron chi connectivity index (χ1n) is 9.89. The van der Waals surface area contributed by atoms with Gasteiger partial charge in [0.15, 0.2) is 0 Å². The van der Waals surface area contributed by atoms with Gasteiger partial charge in [-0.3, -0.25) is 4.79 Å². The summed E-state index contributed by atoms with van der Waals surface area (Å²) in [5, 5.41) is 6.05. The molecule has 0 spiro atoms. The predicted molar refractivity (Wildman–Crippen MR) is 116 cm³/mol. The van der Waals surface area contributed by atoms with E-state index in [9.17, 15) is 4.79 Å². The molecule has 3 aromatic rings. The van der Waals surface area contributed by atoms with Crippen LogP contribution in [-0.4, -0.2) is 42.3 Å². The monoisotopic (exact) mass is 421 g/mol. The van der Waals surface area contributed by atoms with Gasteiger partial charge in [-0.2, -0.15) is 0 Å². The number of anilines is 2. The Bertz CT molecular complexity index is 1050. The van der Waals surface area contributed by atoms with Gasteiger partial charge in [-0.25, -0.2) is 24.9 Å². The van der Waals surface area contributed by atoms with Gasteiger partial charge in [0.25, 0.3) is 0 Å². The smallest absolute Gasteiger partial charge is 0.247 e. The van der Waals surface area contributed by atoms with Crippen molar-refractivity contribution in [3.05, 3.63) is 58.2 Å². The first-order valence-corrected chi connectivity index (χ1v) is 10.8. The lowest BCUT2D eigenvalue weighted by atomic mass is 9.98. The molecule has 0 aliphatic carbocycles. The molecule has 1 amide bonds. The van der Waals surface area contributed by atoms with Crippen molar-refractivity contribution in [3.8, 4) is 0 Å². The SMILES string of the molecule is Cc1nc(Nc2ncccn2)cc(C2CCCCN2C(=O)C=Cc2csc(C)n2)n1. The third-order valence-corrected chi connectivity index (χ3v) is 5.62. The number of nitrogens with one attached hydrogen (secondary N) is 1. The summed E-state index contributed by atoms with van der Waals surface area (Å²) in [6, 6.07) is 3.55. The second kappa shape index (κ2) is 9.08. The zero-order valence-corrected chi connectivity index (χ0v) is 17.8. The lowest BCUT2D eigenvalue weighted by molar-refractivity contribution is -0.129. The fourth-order valence-electron chi connectivity index (χ4n) is 3.52. The van der Waals surface area contributed by atoms with E-state index >= 15 is 0 Å². The van der Waals surface area contributed by atoms with Crippen LogP contribution in [0.4, 0.5) is 11.8 Å². The van der Waals surface area contributed by atoms with Crippen molar-refractivity contribution in [2.75, 3.05) is 11.9 Å². The molecule has 0 bridgehead atoms. The van der Waals surface area contributed by atoms with Crippen LogP contribution in [0, 0.1) is 13.8 Å². The predicted octanol–water partition coefficient (Wildman–Crippen LogP) is 3.85. The van der Waals surface area contributed by atoms with Crippen LogP contribution >= 0.6 is 11.3 Å². The van der Waals surface area contributed by atoms with E-state index in [4.69, 9.17) is 0 Å². The van der Waals surface area contributed by atoms with Gasteiger partial charge in [0, 0.05) is 36.5 Å². The van der Waals surface area contributed by atoms with Gasteiger partial charge in [-0.15, -0.1) is 11.3 Å². The van der Waals surface area contributed by atoms with Crippen LogP contribution in [0.3, 0.4) is 0 Å². The Morgan fingerprint density at radius 3 is 2.80 bits per heavy atom. The average molecular weight is 422 g/mol. The number of likely N-dealkylation sites (tertiary alicyclic amines) is 1. The summed E-state index contributed by atoms with van der Waals surface area (Å²) in [6.45, 7) is 4.51. The van der Waals surface area contributed by atoms with Crippen molar-refractivity contribution in [1.82, 2.24) is 29.8 Å². The van der Waals surface area contributed by atoms with E-state index in [0.717, 1.165) is 35.7 Å². The Kier molecular flexibility index (Phi) is 6.08. The minimum Gasteiger partial charge on any atom is -0.331 e. The molecule has 0 saturated carbocycles. The first kappa shape index (κ1) is 20.1. The maximum Gasteiger partial charge on any atom is 0.247 e. The van der Waals surface area contributed by atoms with E-state index < -0.39 is 0 Å². The third kappa shape index (κ3) is 4.85. The first-order chi connectivity index (χ1) is 14.6. The Morgan fingerprint density at radius 2 is 2.03 bits per heavy atom. The van der Waals surface area contributed by atoms with E-state index in [-0.39, 0.29) is 11.9 Å². The van der Waals surface area contributed by atoms with Crippen LogP contribution in [0.25, 0.3) is 6.08 Å². The Morgan fingerprint density at radius 1 is 1.20 bits per heavy atom. The summed E-state index contributed by atoms with van der Waals surface area (Å²) < 4.78 is 0. The van der Waals surface area contributed by atoms with Gasteiger partial charge in [-0.05, 0) is 45.3 Å². The number of aryl methyl sites for hydroxylation is 2. The summed E-state index contributed by atoms with van der Waals surface area (Å²) in [5.74, 6) is 1.70. The van der Waals surface area contributed by atoms with Crippen LogP contribution in [0.2, 0.25) is 0 Å². The third-order valence-electron chi connectivity index (χ3n) is 4.82. The molecule has 4 rings (SSSR count). The second-order valence-corrected chi connectivity index (χ2v) is 8.15. The number of thiazole rings is 1. The number of hydrogen-bond donors (Lipinski definition) is 1. The molecule has 1 unspecified atom stereocenters. The number of carbonyl (C=O) groups excluding carboxylic acids is 1. The highest BCUT2D eigenvalue weighted by atomic mass is 32.1. The average Bonchev–Trinajstić information content (AvgIpc) is 3.17. The lowest BCUT2D eigenvalue weighted by Crippen LogP contribution is -2.38. The fraction of sp³-hybridized carbons (Fsp3) is 0.333. The van der Waals surface area contributed by atoms with Crippen LogP contribution in [0.15, 0.2) is 36.0 Å². The molecule has 3 aromatic heterocycles. The Balaban J connectivity index is 1.56. The minimum absolute atomic E-state index is 0.0254. The van der Waals surface area contributed by atoms with E-state index in [0.29, 0.717) is 24.1 Å². The highest BCUT2D eigenvalue weighted by molar-refractivity contribution is 7.09. The van der Waals surface area contributed by atoms with Crippen molar-refractivity contribution >= 4 is 35.1 Å². The van der Waals surface area contributed by atoms with Crippen molar-refractivity contribution in [2.24, 2.45) is 0 Å². The quantitative estimate of drug-likeness (QED) is 0.625. The molecule has 30 heavy (non-hydrogen) atoms. The molecule has 1 aliphatic heterocycles. The van der Waals surface area contributed by atoms with Gasteiger partial charge < -0.3 is 10.2 Å². The number of carbonyl (C=O) groups is 1. The summed E-state index contributed by atoms with van der Waals surface area (Å²) >= 11 is 1.57. The largest absolute Gasteiger partial charge is 0.331 e. The van der Waals surface area contributed by atoms with Crippen LogP contribution in [0.5, 0.6) is 0 Å². The molecule has 1 saturated heterocycles. The maximum absolute atomic E-state index is 13.0. The van der Waals surface area contributed by atoms with Gasteiger partial charge in [0.2, 0.25) is 11.9 Å². The van der Waals surface area contributed by atoms with E-state index in [1.165, 1.54) is 0 Å². The molecule has 154 valence electrons. The van der Waals surface area contributed by atoms with Crippen LogP contribution in [-0.2, 0) is 4.79 Å². The van der Waals surface area contributed by atoms with Gasteiger partial charge >= 0.3 is 0 Å². The van der Waals surface area contributed by atoms with Crippen molar-refractivity contribution < 1.29 is 4.79 Å². The zero-order chi connectivity index (χ0) is 20.9. The van der Waals surface area contributed by atoms with Crippen molar-refractivity contribution in [1.29, 1.82) is 0 Å². The normalized spacial score (nSPS) is 16.7. The molecule has 4 heterocycles. The van der Waals surface area contributed by atoms with Gasteiger partial charge in [-0.1, -0.05) is 0 Å². The lowest BCUT2D eigenvalue weighted by Gasteiger charge is -2.35. The summed E-state index contributed by atoms with van der Waals surface area (Å²) in [4.78, 5) is 36.7. The number of piperidine rings is 1. The van der Waals surface area contributed by atoms with E-state index in [1.807, 2.05) is 30.2 Å². The molecule has 9 heteroatoms. The minimum atomic E-state index is -0.0907. The summed E-state index contributed by atoms with van der Waals surface area (Å²) in [7, 11) is 0. The van der Waals surface area contributed by atoms with Gasteiger partial charge in [0.05, 0.1) is 22.4 Å². The molecule has 1 atom stereocenters. The van der Waals surface area contributed by atoms with Crippen LogP contribution in [0.1, 0.15) is 47.5 Å². The number of nitrogens with zero attached hydrogens (tertiary/aromatic N) is 6. The summed E-state index contributed by atoms with van der Waals surface area (Å²) in [6.07, 6.45) is 9.63. The highest BCUT2D eigenvalue weighted by Gasteiger charge is 2.28. The zero-order valence-electron chi connectivity index (χ0n) is 16.9. The topological polar surface area (TPSA) is 96.8 Å². The Labute approximate surface area is 179 Å². The molecule has 1 N–H and O–H groups in total. The standard InChI is InChI=1S/C21H23N7OS/c1-14-24-17(12-19(25-14)27-21-22-9-5-10-23-21)18-6-3-4-11-28(18)20(29)8-7-16-13-30-15(2)26-16/h5,7-10,12-13,18H,3-4,6,11H2,1-2H3,(H,22,23,24,25,27). The van der Waals surface area contributed by atoms with Gasteiger partial charge in [0.1, 0.15) is 11.6 Å². The van der Waals surface area contributed by atoms with Crippen molar-refractivity contribution in [2.45, 2.75) is 39.2 Å². The molecular weight excluding hydrogens is 398 g/mol. The fourth-order valence-corrected chi connectivity index (χ4v) is 4.10. The second-order valence-electron chi connectivity index (χ2n) is 7.09. The van der Waals surface area contributed by atoms with Crippen LogP contribution < -0.4 is 5.32 Å². The Hall–Kier alpha value is -3.20. The molecule has 8 nitrogen and oxygen atoms in total. The maximum atomic E-state index is 13.0. The van der Waals surface area contributed by atoms with E-state index in [1.54, 1.807) is 41.9 Å².